The average Bonchev–Trinajstić information content (AvgIpc) is 3.05. The van der Waals surface area contributed by atoms with Crippen LogP contribution in [0, 0.1) is 11.8 Å². The van der Waals surface area contributed by atoms with E-state index < -0.39 is 11.8 Å². The Balaban J connectivity index is 1.71. The van der Waals surface area contributed by atoms with Crippen LogP contribution in [-0.2, 0) is 19.1 Å². The average molecular weight is 310 g/mol. The van der Waals surface area contributed by atoms with Crippen LogP contribution in [-0.4, -0.2) is 48.9 Å². The van der Waals surface area contributed by atoms with Gasteiger partial charge < -0.3 is 15.0 Å². The smallest absolute Gasteiger partial charge is 0.311 e. The largest absolute Gasteiger partial charge is 0.466 e. The Kier molecular flexibility index (Phi) is 6.21. The van der Waals surface area contributed by atoms with E-state index in [0.717, 1.165) is 12.8 Å². The Bertz CT molecular complexity index is 410. The number of carbonyl (C=O) groups excluding carboxylic acids is 3. The minimum Gasteiger partial charge on any atom is -0.466 e. The molecule has 1 aliphatic carbocycles. The molecule has 0 unspecified atom stereocenters. The van der Waals surface area contributed by atoms with Gasteiger partial charge >= 0.3 is 17.8 Å². The van der Waals surface area contributed by atoms with Gasteiger partial charge in [-0.2, -0.15) is 0 Å². The third-order valence-corrected chi connectivity index (χ3v) is 4.62. The van der Waals surface area contributed by atoms with Gasteiger partial charge in [-0.25, -0.2) is 0 Å². The zero-order valence-electron chi connectivity index (χ0n) is 13.3. The predicted octanol–water partition coefficient (Wildman–Crippen LogP) is 1.09. The highest BCUT2D eigenvalue weighted by atomic mass is 16.5. The van der Waals surface area contributed by atoms with E-state index in [4.69, 9.17) is 4.74 Å². The second-order valence-electron chi connectivity index (χ2n) is 6.18. The van der Waals surface area contributed by atoms with Gasteiger partial charge in [0, 0.05) is 19.6 Å². The van der Waals surface area contributed by atoms with Crippen LogP contribution < -0.4 is 5.32 Å². The lowest BCUT2D eigenvalue weighted by Crippen LogP contribution is -2.48. The van der Waals surface area contributed by atoms with Crippen LogP contribution in [0.3, 0.4) is 0 Å². The highest BCUT2D eigenvalue weighted by Crippen LogP contribution is 2.23. The van der Waals surface area contributed by atoms with Gasteiger partial charge in [0.05, 0.1) is 12.5 Å². The standard InChI is InChI=1S/C16H26N2O4/c1-2-22-16(21)13-7-9-18(10-8-13)15(20)14(19)17-11-12-5-3-4-6-12/h12-13H,2-11H2,1H3,(H,17,19). The van der Waals surface area contributed by atoms with Crippen molar-refractivity contribution in [1.82, 2.24) is 10.2 Å². The van der Waals surface area contributed by atoms with Gasteiger partial charge in [-0.1, -0.05) is 12.8 Å². The van der Waals surface area contributed by atoms with Gasteiger partial charge in [-0.05, 0) is 38.5 Å². The molecule has 2 fully saturated rings. The van der Waals surface area contributed by atoms with E-state index in [1.165, 1.54) is 12.8 Å². The van der Waals surface area contributed by atoms with Crippen molar-refractivity contribution >= 4 is 17.8 Å². The number of amides is 2. The quantitative estimate of drug-likeness (QED) is 0.623. The van der Waals surface area contributed by atoms with Crippen molar-refractivity contribution in [2.24, 2.45) is 11.8 Å². The molecule has 0 aromatic heterocycles. The topological polar surface area (TPSA) is 75.7 Å². The molecule has 22 heavy (non-hydrogen) atoms. The van der Waals surface area contributed by atoms with E-state index in [2.05, 4.69) is 5.32 Å². The molecule has 6 heteroatoms. The van der Waals surface area contributed by atoms with E-state index in [-0.39, 0.29) is 11.9 Å². The van der Waals surface area contributed by atoms with Crippen LogP contribution in [0.5, 0.6) is 0 Å². The molecular formula is C16H26N2O4. The number of nitrogens with one attached hydrogen (secondary N) is 1. The van der Waals surface area contributed by atoms with E-state index in [9.17, 15) is 14.4 Å². The molecule has 0 spiro atoms. The summed E-state index contributed by atoms with van der Waals surface area (Å²) in [6.07, 6.45) is 5.85. The zero-order chi connectivity index (χ0) is 15.9. The first kappa shape index (κ1) is 16.8. The molecule has 0 radical (unpaired) electrons. The first-order valence-electron chi connectivity index (χ1n) is 8.35. The number of hydrogen-bond donors (Lipinski definition) is 1. The summed E-state index contributed by atoms with van der Waals surface area (Å²) in [7, 11) is 0. The second-order valence-corrected chi connectivity index (χ2v) is 6.18. The van der Waals surface area contributed by atoms with Crippen molar-refractivity contribution in [2.45, 2.75) is 45.4 Å². The minimum atomic E-state index is -0.513. The van der Waals surface area contributed by atoms with Gasteiger partial charge in [-0.15, -0.1) is 0 Å². The molecule has 0 aromatic carbocycles. The SMILES string of the molecule is CCOC(=O)C1CCN(C(=O)C(=O)NCC2CCCC2)CC1. The molecule has 1 N–H and O–H groups in total. The van der Waals surface area contributed by atoms with Crippen LogP contribution in [0.2, 0.25) is 0 Å². The maximum atomic E-state index is 12.1. The van der Waals surface area contributed by atoms with Crippen molar-refractivity contribution < 1.29 is 19.1 Å². The molecule has 0 atom stereocenters. The number of rotatable bonds is 4. The third-order valence-electron chi connectivity index (χ3n) is 4.62. The lowest BCUT2D eigenvalue weighted by atomic mass is 9.97. The number of ether oxygens (including phenoxy) is 1. The van der Waals surface area contributed by atoms with Crippen LogP contribution in [0.4, 0.5) is 0 Å². The van der Waals surface area contributed by atoms with Crippen LogP contribution >= 0.6 is 0 Å². The molecule has 6 nitrogen and oxygen atoms in total. The Morgan fingerprint density at radius 1 is 1.09 bits per heavy atom. The first-order valence-corrected chi connectivity index (χ1v) is 8.35. The van der Waals surface area contributed by atoms with Gasteiger partial charge in [0.2, 0.25) is 0 Å². The number of nitrogens with zero attached hydrogens (tertiary/aromatic N) is 1. The maximum absolute atomic E-state index is 12.1. The molecule has 0 bridgehead atoms. The number of hydrogen-bond acceptors (Lipinski definition) is 4. The predicted molar refractivity (Wildman–Crippen MR) is 80.9 cm³/mol. The third kappa shape index (κ3) is 4.45. The molecule has 2 aliphatic rings. The van der Waals surface area contributed by atoms with E-state index >= 15 is 0 Å². The number of piperidine rings is 1. The lowest BCUT2D eigenvalue weighted by molar-refractivity contribution is -0.152. The van der Waals surface area contributed by atoms with Crippen LogP contribution in [0.25, 0.3) is 0 Å². The molecule has 124 valence electrons. The monoisotopic (exact) mass is 310 g/mol. The van der Waals surface area contributed by atoms with Gasteiger partial charge in [0.25, 0.3) is 0 Å². The first-order chi connectivity index (χ1) is 10.6. The Morgan fingerprint density at radius 3 is 2.32 bits per heavy atom. The number of likely N-dealkylation sites (tertiary alicyclic amines) is 1. The Labute approximate surface area is 131 Å². The van der Waals surface area contributed by atoms with Gasteiger partial charge in [0.15, 0.2) is 0 Å². The van der Waals surface area contributed by atoms with E-state index in [0.29, 0.717) is 45.0 Å². The maximum Gasteiger partial charge on any atom is 0.311 e. The van der Waals surface area contributed by atoms with E-state index in [1.54, 1.807) is 11.8 Å². The van der Waals surface area contributed by atoms with Crippen molar-refractivity contribution in [1.29, 1.82) is 0 Å². The van der Waals surface area contributed by atoms with Gasteiger partial charge in [-0.3, -0.25) is 14.4 Å². The fourth-order valence-corrected chi connectivity index (χ4v) is 3.25. The summed E-state index contributed by atoms with van der Waals surface area (Å²) in [6.45, 7) is 3.65. The van der Waals surface area contributed by atoms with Crippen LogP contribution in [0.15, 0.2) is 0 Å². The summed E-state index contributed by atoms with van der Waals surface area (Å²) in [5.74, 6) is -0.807. The van der Waals surface area contributed by atoms with Crippen molar-refractivity contribution in [3.05, 3.63) is 0 Å². The fourth-order valence-electron chi connectivity index (χ4n) is 3.25. The fraction of sp³-hybridized carbons (Fsp3) is 0.812. The van der Waals surface area contributed by atoms with Crippen molar-refractivity contribution in [3.8, 4) is 0 Å². The summed E-state index contributed by atoms with van der Waals surface area (Å²) in [5.41, 5.74) is 0. The molecule has 1 saturated carbocycles. The summed E-state index contributed by atoms with van der Waals surface area (Å²) in [4.78, 5) is 37.2. The molecule has 2 rings (SSSR count). The molecule has 2 amide bonds. The van der Waals surface area contributed by atoms with Gasteiger partial charge in [0.1, 0.15) is 0 Å². The Hall–Kier alpha value is -1.59. The lowest BCUT2D eigenvalue weighted by Gasteiger charge is -2.30. The normalized spacial score (nSPS) is 20.0. The van der Waals surface area contributed by atoms with Crippen molar-refractivity contribution in [3.63, 3.8) is 0 Å². The molecule has 1 aliphatic heterocycles. The van der Waals surface area contributed by atoms with E-state index in [1.807, 2.05) is 0 Å². The second kappa shape index (κ2) is 8.15. The summed E-state index contributed by atoms with van der Waals surface area (Å²) in [6, 6.07) is 0. The van der Waals surface area contributed by atoms with Crippen LogP contribution in [0.1, 0.15) is 45.4 Å². The zero-order valence-corrected chi connectivity index (χ0v) is 13.3. The molecule has 1 saturated heterocycles. The minimum absolute atomic E-state index is 0.148. The van der Waals surface area contributed by atoms with Crippen molar-refractivity contribution in [2.75, 3.05) is 26.2 Å². The number of carbonyl (C=O) groups is 3. The molecule has 1 heterocycles. The summed E-state index contributed by atoms with van der Waals surface area (Å²) in [5, 5.41) is 2.75. The molecular weight excluding hydrogens is 284 g/mol. The summed E-state index contributed by atoms with van der Waals surface area (Å²) >= 11 is 0. The summed E-state index contributed by atoms with van der Waals surface area (Å²) < 4.78 is 5.00. The number of esters is 1. The molecule has 0 aromatic rings. The highest BCUT2D eigenvalue weighted by Gasteiger charge is 2.31. The Morgan fingerprint density at radius 2 is 1.73 bits per heavy atom. The highest BCUT2D eigenvalue weighted by molar-refractivity contribution is 6.35.